The van der Waals surface area contributed by atoms with Crippen LogP contribution in [0.15, 0.2) is 6.20 Å². The van der Waals surface area contributed by atoms with Gasteiger partial charge in [0.15, 0.2) is 0 Å². The molecule has 1 fully saturated rings. The Kier molecular flexibility index (Phi) is 5.58. The van der Waals surface area contributed by atoms with Gasteiger partial charge in [0, 0.05) is 38.4 Å². The summed E-state index contributed by atoms with van der Waals surface area (Å²) in [5.74, 6) is -0.505. The lowest BCUT2D eigenvalue weighted by atomic mass is 10.1. The van der Waals surface area contributed by atoms with Gasteiger partial charge >= 0.3 is 6.03 Å². The maximum absolute atomic E-state index is 12.4. The van der Waals surface area contributed by atoms with Gasteiger partial charge in [0.1, 0.15) is 6.04 Å². The molecule has 0 bridgehead atoms. The Labute approximate surface area is 141 Å². The number of urea groups is 1. The quantitative estimate of drug-likeness (QED) is 0.750. The minimum atomic E-state index is -0.765. The van der Waals surface area contributed by atoms with Gasteiger partial charge in [-0.15, -0.1) is 0 Å². The molecule has 0 unspecified atom stereocenters. The first-order chi connectivity index (χ1) is 11.4. The van der Waals surface area contributed by atoms with Crippen molar-refractivity contribution in [2.75, 3.05) is 13.6 Å². The van der Waals surface area contributed by atoms with E-state index < -0.39 is 12.1 Å². The Morgan fingerprint density at radius 2 is 2.08 bits per heavy atom. The topological polar surface area (TPSA) is 87.5 Å². The largest absolute Gasteiger partial charge is 0.341 e. The van der Waals surface area contributed by atoms with Gasteiger partial charge in [-0.05, 0) is 20.3 Å². The minimum absolute atomic E-state index is 0.0255. The van der Waals surface area contributed by atoms with Crippen molar-refractivity contribution in [1.82, 2.24) is 24.9 Å². The Bertz CT molecular complexity index is 640. The van der Waals surface area contributed by atoms with E-state index in [1.54, 1.807) is 11.9 Å². The highest BCUT2D eigenvalue weighted by Gasteiger charge is 2.38. The third-order valence-corrected chi connectivity index (χ3v) is 4.14. The first-order valence-electron chi connectivity index (χ1n) is 8.26. The molecule has 1 N–H and O–H groups in total. The molecule has 2 heterocycles. The Morgan fingerprint density at radius 1 is 1.38 bits per heavy atom. The normalized spacial score (nSPS) is 17.3. The van der Waals surface area contributed by atoms with Crippen LogP contribution in [0.1, 0.15) is 37.9 Å². The van der Waals surface area contributed by atoms with E-state index in [-0.39, 0.29) is 18.2 Å². The van der Waals surface area contributed by atoms with E-state index in [0.717, 1.165) is 17.8 Å². The van der Waals surface area contributed by atoms with E-state index in [9.17, 15) is 14.4 Å². The van der Waals surface area contributed by atoms with E-state index in [4.69, 9.17) is 0 Å². The molecule has 1 atom stereocenters. The SMILES string of the molecule is CCCN1C(=O)N[C@@H](CC(=O)N(C)Cc2cn(CC)nc2C)C1=O. The summed E-state index contributed by atoms with van der Waals surface area (Å²) in [5, 5.41) is 6.94. The van der Waals surface area contributed by atoms with Gasteiger partial charge in [0.2, 0.25) is 5.91 Å². The van der Waals surface area contributed by atoms with Crippen molar-refractivity contribution in [1.29, 1.82) is 0 Å². The van der Waals surface area contributed by atoms with Crippen LogP contribution in [0.25, 0.3) is 0 Å². The van der Waals surface area contributed by atoms with Gasteiger partial charge in [-0.25, -0.2) is 4.79 Å². The molecule has 0 aromatic carbocycles. The summed E-state index contributed by atoms with van der Waals surface area (Å²) < 4.78 is 1.83. The highest BCUT2D eigenvalue weighted by molar-refractivity contribution is 6.05. The van der Waals surface area contributed by atoms with Crippen molar-refractivity contribution in [3.63, 3.8) is 0 Å². The van der Waals surface area contributed by atoms with E-state index in [2.05, 4.69) is 10.4 Å². The molecule has 0 radical (unpaired) electrons. The summed E-state index contributed by atoms with van der Waals surface area (Å²) in [5.41, 5.74) is 1.86. The van der Waals surface area contributed by atoms with Crippen molar-refractivity contribution < 1.29 is 14.4 Å². The molecule has 1 aliphatic rings. The fraction of sp³-hybridized carbons (Fsp3) is 0.625. The Hall–Kier alpha value is -2.38. The average Bonchev–Trinajstić information content (AvgIpc) is 3.02. The van der Waals surface area contributed by atoms with Crippen molar-refractivity contribution in [2.24, 2.45) is 0 Å². The van der Waals surface area contributed by atoms with Gasteiger partial charge in [0.25, 0.3) is 5.91 Å². The lowest BCUT2D eigenvalue weighted by Gasteiger charge is -2.18. The lowest BCUT2D eigenvalue weighted by Crippen LogP contribution is -2.37. The fourth-order valence-electron chi connectivity index (χ4n) is 2.70. The number of carbonyl (C=O) groups excluding carboxylic acids is 3. The van der Waals surface area contributed by atoms with Crippen molar-refractivity contribution >= 4 is 17.8 Å². The predicted molar refractivity (Wildman–Crippen MR) is 88.1 cm³/mol. The number of aryl methyl sites for hydroxylation is 2. The second-order valence-electron chi connectivity index (χ2n) is 6.04. The number of carbonyl (C=O) groups is 3. The first-order valence-corrected chi connectivity index (χ1v) is 8.26. The lowest BCUT2D eigenvalue weighted by molar-refractivity contribution is -0.135. The maximum Gasteiger partial charge on any atom is 0.324 e. The monoisotopic (exact) mass is 335 g/mol. The molecule has 1 saturated heterocycles. The molecule has 0 saturated carbocycles. The number of rotatable bonds is 7. The van der Waals surface area contributed by atoms with Crippen molar-refractivity contribution in [2.45, 2.75) is 52.7 Å². The van der Waals surface area contributed by atoms with Crippen LogP contribution in [0.4, 0.5) is 4.79 Å². The predicted octanol–water partition coefficient (Wildman–Crippen LogP) is 0.890. The van der Waals surface area contributed by atoms with Gasteiger partial charge in [-0.1, -0.05) is 6.92 Å². The summed E-state index contributed by atoms with van der Waals surface area (Å²) in [6, 6.07) is -1.18. The smallest absolute Gasteiger partial charge is 0.324 e. The highest BCUT2D eigenvalue weighted by Crippen LogP contribution is 2.13. The van der Waals surface area contributed by atoms with Crippen molar-refractivity contribution in [3.05, 3.63) is 17.5 Å². The number of hydrogen-bond donors (Lipinski definition) is 1. The average molecular weight is 335 g/mol. The number of amides is 4. The third kappa shape index (κ3) is 3.74. The zero-order valence-electron chi connectivity index (χ0n) is 14.7. The van der Waals surface area contributed by atoms with Crippen LogP contribution in [0.2, 0.25) is 0 Å². The molecule has 132 valence electrons. The Balaban J connectivity index is 1.95. The molecule has 2 rings (SSSR count). The molecule has 8 heteroatoms. The van der Waals surface area contributed by atoms with Crippen molar-refractivity contribution in [3.8, 4) is 0 Å². The molecule has 0 aliphatic carbocycles. The van der Waals surface area contributed by atoms with E-state index in [1.165, 1.54) is 4.90 Å². The fourth-order valence-corrected chi connectivity index (χ4v) is 2.70. The minimum Gasteiger partial charge on any atom is -0.341 e. The summed E-state index contributed by atoms with van der Waals surface area (Å²) in [6.45, 7) is 7.38. The first kappa shape index (κ1) is 18.0. The molecule has 1 aliphatic heterocycles. The van der Waals surface area contributed by atoms with Crippen LogP contribution in [0.5, 0.6) is 0 Å². The maximum atomic E-state index is 12.4. The van der Waals surface area contributed by atoms with E-state index in [0.29, 0.717) is 19.5 Å². The molecule has 1 aromatic heterocycles. The number of hydrogen-bond acceptors (Lipinski definition) is 4. The third-order valence-electron chi connectivity index (χ3n) is 4.14. The van der Waals surface area contributed by atoms with Crippen LogP contribution >= 0.6 is 0 Å². The van der Waals surface area contributed by atoms with E-state index in [1.807, 2.05) is 31.6 Å². The van der Waals surface area contributed by atoms with Crippen LogP contribution < -0.4 is 5.32 Å². The summed E-state index contributed by atoms with van der Waals surface area (Å²) in [6.07, 6.45) is 2.59. The number of nitrogens with zero attached hydrogens (tertiary/aromatic N) is 4. The van der Waals surface area contributed by atoms with E-state index >= 15 is 0 Å². The molecule has 4 amide bonds. The number of imide groups is 1. The Morgan fingerprint density at radius 3 is 2.67 bits per heavy atom. The molecule has 8 nitrogen and oxygen atoms in total. The molecule has 0 spiro atoms. The highest BCUT2D eigenvalue weighted by atomic mass is 16.2. The zero-order chi connectivity index (χ0) is 17.9. The van der Waals surface area contributed by atoms with Gasteiger partial charge in [0.05, 0.1) is 12.1 Å². The van der Waals surface area contributed by atoms with Gasteiger partial charge in [-0.2, -0.15) is 5.10 Å². The molecule has 1 aromatic rings. The van der Waals surface area contributed by atoms with Gasteiger partial charge in [-0.3, -0.25) is 19.2 Å². The summed E-state index contributed by atoms with van der Waals surface area (Å²) >= 11 is 0. The molecular weight excluding hydrogens is 310 g/mol. The molecular formula is C16H25N5O3. The van der Waals surface area contributed by atoms with Crippen LogP contribution in [0, 0.1) is 6.92 Å². The van der Waals surface area contributed by atoms with Crippen LogP contribution in [-0.4, -0.2) is 57.1 Å². The number of nitrogens with one attached hydrogen (secondary N) is 1. The second-order valence-corrected chi connectivity index (χ2v) is 6.04. The van der Waals surface area contributed by atoms with Gasteiger partial charge < -0.3 is 10.2 Å². The second kappa shape index (κ2) is 7.46. The number of aromatic nitrogens is 2. The standard InChI is InChI=1S/C16H25N5O3/c1-5-7-21-15(23)13(17-16(21)24)8-14(22)19(4)9-12-10-20(6-2)18-11(12)3/h10,13H,5-9H2,1-4H3,(H,17,24)/t13-/m0/s1. The summed E-state index contributed by atoms with van der Waals surface area (Å²) in [4.78, 5) is 39.1. The zero-order valence-corrected chi connectivity index (χ0v) is 14.7. The van der Waals surface area contributed by atoms with Crippen LogP contribution in [-0.2, 0) is 22.7 Å². The van der Waals surface area contributed by atoms with Crippen LogP contribution in [0.3, 0.4) is 0 Å². The summed E-state index contributed by atoms with van der Waals surface area (Å²) in [7, 11) is 1.69. The molecule has 24 heavy (non-hydrogen) atoms.